The summed E-state index contributed by atoms with van der Waals surface area (Å²) in [5.74, 6) is 2.32. The van der Waals surface area contributed by atoms with Gasteiger partial charge in [0, 0.05) is 24.9 Å². The van der Waals surface area contributed by atoms with Gasteiger partial charge in [-0.2, -0.15) is 0 Å². The molecule has 0 saturated heterocycles. The van der Waals surface area contributed by atoms with Gasteiger partial charge in [-0.05, 0) is 11.8 Å². The molecule has 0 aliphatic rings. The molecule has 2 nitrogen and oxygen atoms in total. The van der Waals surface area contributed by atoms with Crippen LogP contribution in [0.5, 0.6) is 0 Å². The van der Waals surface area contributed by atoms with Crippen molar-refractivity contribution in [2.45, 2.75) is 55.4 Å². The molecule has 0 spiro atoms. The molecule has 0 rings (SSSR count). The van der Waals surface area contributed by atoms with Crippen molar-refractivity contribution in [3.63, 3.8) is 0 Å². The maximum Gasteiger partial charge on any atom is 0.0779 e. The molecule has 0 saturated carbocycles. The molecule has 0 aliphatic heterocycles. The monoisotopic (exact) mass is 318 g/mol. The summed E-state index contributed by atoms with van der Waals surface area (Å²) < 4.78 is 0. The van der Waals surface area contributed by atoms with Gasteiger partial charge in [0.1, 0.15) is 0 Å². The average Bonchev–Trinajstić information content (AvgIpc) is 2.33. The first-order chi connectivity index (χ1) is 9.07. The van der Waals surface area contributed by atoms with Gasteiger partial charge in [0.05, 0.1) is 9.98 Å². The van der Waals surface area contributed by atoms with E-state index in [1.807, 2.05) is 0 Å². The normalized spacial score (nSPS) is 10.6. The zero-order valence-corrected chi connectivity index (χ0v) is 16.2. The molecule has 0 aromatic rings. The second kappa shape index (κ2) is 12.5. The van der Waals surface area contributed by atoms with E-state index in [0.717, 1.165) is 23.1 Å². The summed E-state index contributed by atoms with van der Waals surface area (Å²) in [7, 11) is 0. The van der Waals surface area contributed by atoms with Crippen LogP contribution in [0.25, 0.3) is 0 Å². The lowest BCUT2D eigenvalue weighted by Crippen LogP contribution is -2.29. The van der Waals surface area contributed by atoms with Crippen molar-refractivity contribution in [2.75, 3.05) is 13.1 Å². The van der Waals surface area contributed by atoms with E-state index in [9.17, 15) is 0 Å². The molecule has 0 heterocycles. The highest BCUT2D eigenvalue weighted by Gasteiger charge is 2.01. The summed E-state index contributed by atoms with van der Waals surface area (Å²) in [6, 6.07) is 0. The number of hydrogen-bond acceptors (Lipinski definition) is 2. The second-order valence-corrected chi connectivity index (χ2v) is 7.47. The average molecular weight is 319 g/mol. The van der Waals surface area contributed by atoms with Gasteiger partial charge in [-0.15, -0.1) is 0 Å². The molecular weight excluding hydrogens is 284 g/mol. The Labute approximate surface area is 137 Å². The fraction of sp³-hybridized carbons (Fsp3) is 0.875. The number of nitrogens with one attached hydrogen (secondary N) is 2. The molecule has 0 unspecified atom stereocenters. The van der Waals surface area contributed by atoms with E-state index in [0.29, 0.717) is 23.7 Å². The highest BCUT2D eigenvalue weighted by Crippen LogP contribution is 1.96. The van der Waals surface area contributed by atoms with Gasteiger partial charge in [-0.3, -0.25) is 0 Å². The van der Waals surface area contributed by atoms with Crippen molar-refractivity contribution in [3.8, 4) is 0 Å². The predicted octanol–water partition coefficient (Wildman–Crippen LogP) is 4.43. The number of thiocarbonyl (C=S) groups is 2. The van der Waals surface area contributed by atoms with Crippen molar-refractivity contribution >= 4 is 34.4 Å². The standard InChI is InChI=1S/2C8H17NS/c2*1-6(2)5-9-8(10)7(3)4/h2*6-7H,5H2,1-4H3,(H,9,10). The summed E-state index contributed by atoms with van der Waals surface area (Å²) in [6.07, 6.45) is 0. The van der Waals surface area contributed by atoms with E-state index < -0.39 is 0 Å². The minimum absolute atomic E-state index is 0.480. The van der Waals surface area contributed by atoms with Crippen LogP contribution in [0.4, 0.5) is 0 Å². The van der Waals surface area contributed by atoms with Crippen LogP contribution in [0.15, 0.2) is 0 Å². The van der Waals surface area contributed by atoms with Crippen molar-refractivity contribution < 1.29 is 0 Å². The number of rotatable bonds is 6. The first-order valence-electron chi connectivity index (χ1n) is 7.63. The highest BCUT2D eigenvalue weighted by atomic mass is 32.1. The van der Waals surface area contributed by atoms with E-state index in [2.05, 4.69) is 66.0 Å². The largest absolute Gasteiger partial charge is 0.379 e. The summed E-state index contributed by atoms with van der Waals surface area (Å²) in [4.78, 5) is 1.96. The van der Waals surface area contributed by atoms with Gasteiger partial charge in [0.25, 0.3) is 0 Å². The smallest absolute Gasteiger partial charge is 0.0779 e. The Bertz CT molecular complexity index is 244. The van der Waals surface area contributed by atoms with Crippen LogP contribution in [0.2, 0.25) is 0 Å². The Hall–Kier alpha value is -0.220. The lowest BCUT2D eigenvalue weighted by molar-refractivity contribution is 0.617. The second-order valence-electron chi connectivity index (χ2n) is 6.59. The van der Waals surface area contributed by atoms with Gasteiger partial charge in [0.15, 0.2) is 0 Å². The van der Waals surface area contributed by atoms with Crippen molar-refractivity contribution in [1.29, 1.82) is 0 Å². The first-order valence-corrected chi connectivity index (χ1v) is 8.44. The fourth-order valence-electron chi connectivity index (χ4n) is 1.02. The Balaban J connectivity index is 0. The summed E-state index contributed by atoms with van der Waals surface area (Å²) in [5, 5.41) is 6.43. The minimum atomic E-state index is 0.480. The van der Waals surface area contributed by atoms with Crippen LogP contribution in [-0.2, 0) is 0 Å². The Morgan fingerprint density at radius 3 is 1.05 bits per heavy atom. The molecule has 0 bridgehead atoms. The molecular formula is C16H34N2S2. The lowest BCUT2D eigenvalue weighted by atomic mass is 10.2. The van der Waals surface area contributed by atoms with Gasteiger partial charge in [0.2, 0.25) is 0 Å². The summed E-state index contributed by atoms with van der Waals surface area (Å²) in [6.45, 7) is 19.1. The van der Waals surface area contributed by atoms with E-state index in [4.69, 9.17) is 24.4 Å². The third kappa shape index (κ3) is 15.8. The minimum Gasteiger partial charge on any atom is -0.379 e. The van der Waals surface area contributed by atoms with Crippen LogP contribution in [0, 0.1) is 23.7 Å². The summed E-state index contributed by atoms with van der Waals surface area (Å²) in [5.41, 5.74) is 0. The topological polar surface area (TPSA) is 24.1 Å². The maximum atomic E-state index is 5.09. The molecule has 0 atom stereocenters. The molecule has 0 fully saturated rings. The van der Waals surface area contributed by atoms with Gasteiger partial charge in [-0.25, -0.2) is 0 Å². The Kier molecular flexibility index (Phi) is 13.8. The molecule has 0 aromatic heterocycles. The molecule has 0 aromatic carbocycles. The third-order valence-corrected chi connectivity index (χ3v) is 3.65. The summed E-state index contributed by atoms with van der Waals surface area (Å²) >= 11 is 10.2. The molecule has 4 heteroatoms. The van der Waals surface area contributed by atoms with Crippen LogP contribution < -0.4 is 10.6 Å². The van der Waals surface area contributed by atoms with Crippen LogP contribution in [0.1, 0.15) is 55.4 Å². The quantitative estimate of drug-likeness (QED) is 0.707. The van der Waals surface area contributed by atoms with Gasteiger partial charge >= 0.3 is 0 Å². The van der Waals surface area contributed by atoms with E-state index in [1.165, 1.54) is 0 Å². The zero-order valence-electron chi connectivity index (χ0n) is 14.5. The van der Waals surface area contributed by atoms with Crippen molar-refractivity contribution in [3.05, 3.63) is 0 Å². The van der Waals surface area contributed by atoms with Crippen molar-refractivity contribution in [2.24, 2.45) is 23.7 Å². The molecule has 0 radical (unpaired) electrons. The van der Waals surface area contributed by atoms with E-state index >= 15 is 0 Å². The Morgan fingerprint density at radius 1 is 0.650 bits per heavy atom. The SMILES string of the molecule is CC(C)CNC(=S)C(C)C.CC(C)CNC(=S)C(C)C. The molecule has 2 N–H and O–H groups in total. The lowest BCUT2D eigenvalue weighted by Gasteiger charge is -2.11. The molecule has 0 amide bonds. The van der Waals surface area contributed by atoms with Gasteiger partial charge < -0.3 is 10.6 Å². The predicted molar refractivity (Wildman–Crippen MR) is 101 cm³/mol. The molecule has 0 aliphatic carbocycles. The Morgan fingerprint density at radius 2 is 0.900 bits per heavy atom. The van der Waals surface area contributed by atoms with Gasteiger partial charge in [-0.1, -0.05) is 79.8 Å². The molecule has 120 valence electrons. The molecule has 20 heavy (non-hydrogen) atoms. The fourth-order valence-corrected chi connectivity index (χ4v) is 1.18. The zero-order chi connectivity index (χ0) is 16.3. The third-order valence-electron chi connectivity index (χ3n) is 2.42. The maximum absolute atomic E-state index is 5.09. The van der Waals surface area contributed by atoms with E-state index in [1.54, 1.807) is 0 Å². The highest BCUT2D eigenvalue weighted by molar-refractivity contribution is 7.80. The van der Waals surface area contributed by atoms with Crippen LogP contribution >= 0.6 is 24.4 Å². The van der Waals surface area contributed by atoms with Crippen LogP contribution in [-0.4, -0.2) is 23.1 Å². The van der Waals surface area contributed by atoms with E-state index in [-0.39, 0.29) is 0 Å². The number of hydrogen-bond donors (Lipinski definition) is 2. The first kappa shape index (κ1) is 22.1. The van der Waals surface area contributed by atoms with Crippen molar-refractivity contribution in [1.82, 2.24) is 10.6 Å². The van der Waals surface area contributed by atoms with Crippen LogP contribution in [0.3, 0.4) is 0 Å².